The highest BCUT2D eigenvalue weighted by Crippen LogP contribution is 2.43. The summed E-state index contributed by atoms with van der Waals surface area (Å²) in [6, 6.07) is 52.0. The minimum atomic E-state index is -4.64. The first-order chi connectivity index (χ1) is 68.1. The lowest BCUT2D eigenvalue weighted by Crippen LogP contribution is -2.33. The Balaban J connectivity index is 0.000000150. The number of pyridine rings is 2. The average Bonchev–Trinajstić information content (AvgIpc) is 1.64. The Kier molecular flexibility index (Phi) is 37.1. The highest BCUT2D eigenvalue weighted by Gasteiger charge is 2.34. The van der Waals surface area contributed by atoms with Crippen molar-refractivity contribution >= 4 is 137 Å². The van der Waals surface area contributed by atoms with Crippen LogP contribution in [0.15, 0.2) is 176 Å². The molecule has 5 N–H and O–H groups in total. The Hall–Kier alpha value is -10.2. The second-order valence-electron chi connectivity index (χ2n) is 39.3. The number of imidazole rings is 2. The molecule has 11 aromatic rings. The SMILES string of the molecule is CC(C)(C)OC(=O)c1ccc2nc(CN3CC=C(c4cccc(CC5CCOc6cc(Cl)ccc65)n4)CC3)n(C[C@@H]3CCO3)c2c1.CC(C)(C)S(=O)CC1CCOc2cc(Cl)ccc21.CC(C)(C)S(N)=O.NC1CCOc2cc(Cl)ccc21.O=C(O)c1ccc2nc(CN3CC=C(c4cccc(CC5CCOc6cc(Cl)ccc65)n4)CC3)n(C[C@@H]3CCO3)c2c1.O=C1CCOc2cc(Cl)ccc21.O=CC(F)(F)F. The number of benzene rings is 7. The summed E-state index contributed by atoms with van der Waals surface area (Å²) in [6.07, 6.45) is 9.03. The van der Waals surface area contributed by atoms with Crippen LogP contribution >= 0.6 is 58.0 Å². The molecule has 0 radical (unpaired) electrons. The van der Waals surface area contributed by atoms with Crippen LogP contribution in [0, 0.1) is 0 Å². The molecule has 0 spiro atoms. The van der Waals surface area contributed by atoms with E-state index in [1.807, 2.05) is 141 Å². The highest BCUT2D eigenvalue weighted by atomic mass is 35.5. The first kappa shape index (κ1) is 109. The number of nitrogens with two attached hydrogens (primary N) is 2. The number of Topliss-reactive ketones (excluding diaryl/α,β-unsaturated/α-hetero) is 1. The molecule has 0 bridgehead atoms. The summed E-state index contributed by atoms with van der Waals surface area (Å²) >= 11 is 29.9. The van der Waals surface area contributed by atoms with Gasteiger partial charge >= 0.3 is 18.1 Å². The van der Waals surface area contributed by atoms with Gasteiger partial charge in [0, 0.05) is 128 Å². The molecule has 6 unspecified atom stereocenters. The molecule has 13 heterocycles. The first-order valence-corrected chi connectivity index (χ1v) is 52.4. The molecule has 2 saturated heterocycles. The third-order valence-electron chi connectivity index (χ3n) is 25.5. The Morgan fingerprint density at radius 2 is 0.895 bits per heavy atom. The summed E-state index contributed by atoms with van der Waals surface area (Å²) in [6.45, 7) is 28.3. The van der Waals surface area contributed by atoms with E-state index in [0.29, 0.717) is 125 Å². The largest absolute Gasteiger partial charge is 0.493 e. The molecule has 8 atom stereocenters. The standard InChI is InChI=1S/C37H41ClN4O4.C33H33ClN4O4.C14H19ClO2S.C9H10ClNO.C9H7ClO2.C4H11NOS.C2HF3O/c1-37(2,3)46-36(43)26-7-10-32-33(20-26)42(22-29-14-18-44-29)35(40-32)23-41-15-11-24(12-16-41)31-6-4-5-28(39-31)19-25-13-17-45-34-21-27(38)8-9-30(25)34;34-24-5-6-27-22(10-14-42-31(27)18-24)16-25-2-1-3-28(35-25)21-8-12-37(13-9-21)20-32-36-29-7-4-23(33(39)40)17-30(29)38(32)19-26-11-15-41-26;1-14(2,3)18(16)9-10-6-7-17-13-8-11(15)4-5-12(10)13;2*10-6-1-2-7-8(11)3-4-12-9(7)5-6;1-4(2,3)7(5)6;3-2(4,5)1-6/h4-11,20-21,25,29H,12-19,22-23H2,1-3H3;1-8,17-18,22,26H,9-16,19-20H2,(H,39,40);4-5,8,10H,6-7,9H2,1-3H3;1-2,5,8H,3-4,11H2;1-2,5H,3-4H2;5H2,1-3H3;1H/t25?,29-;22?,26-;;;;;/m00...../s1. The van der Waals surface area contributed by atoms with Gasteiger partial charge in [0.1, 0.15) is 46.0 Å². The van der Waals surface area contributed by atoms with Crippen molar-refractivity contribution in [2.24, 2.45) is 10.9 Å². The van der Waals surface area contributed by atoms with Crippen molar-refractivity contribution in [1.29, 1.82) is 0 Å². The number of hydrogen-bond acceptors (Lipinski definition) is 21. The van der Waals surface area contributed by atoms with Crippen LogP contribution in [-0.4, -0.2) is 188 Å². The summed E-state index contributed by atoms with van der Waals surface area (Å²) in [5.74, 6) is 6.63. The van der Waals surface area contributed by atoms with E-state index >= 15 is 0 Å². The molecular formula is C108H122Cl5F3N10O15S2. The number of aromatic nitrogens is 6. The van der Waals surface area contributed by atoms with Crippen LogP contribution in [0.2, 0.25) is 25.1 Å². The van der Waals surface area contributed by atoms with Crippen molar-refractivity contribution in [2.75, 3.05) is 78.2 Å². The second-order valence-corrected chi connectivity index (χ2v) is 45.5. The van der Waals surface area contributed by atoms with Crippen molar-refractivity contribution in [3.05, 3.63) is 274 Å². The predicted molar refractivity (Wildman–Crippen MR) is 556 cm³/mol. The van der Waals surface area contributed by atoms with Gasteiger partial charge in [-0.3, -0.25) is 38.7 Å². The number of alkyl halides is 3. The lowest BCUT2D eigenvalue weighted by atomic mass is 9.89. The van der Waals surface area contributed by atoms with Gasteiger partial charge in [0.25, 0.3) is 0 Å². The molecule has 762 valence electrons. The smallest absolute Gasteiger partial charge is 0.446 e. The van der Waals surface area contributed by atoms with Gasteiger partial charge in [-0.15, -0.1) is 0 Å². The number of ketones is 1. The van der Waals surface area contributed by atoms with Crippen LogP contribution in [0.1, 0.15) is 232 Å². The van der Waals surface area contributed by atoms with Crippen LogP contribution in [0.4, 0.5) is 13.2 Å². The summed E-state index contributed by atoms with van der Waals surface area (Å²) < 4.78 is 103. The van der Waals surface area contributed by atoms with E-state index in [1.165, 1.54) is 22.3 Å². The van der Waals surface area contributed by atoms with Gasteiger partial charge in [0.05, 0.1) is 137 Å². The molecular weight excluding hydrogens is 1980 g/mol. The van der Waals surface area contributed by atoms with E-state index in [-0.39, 0.29) is 45.1 Å². The van der Waals surface area contributed by atoms with E-state index in [2.05, 4.69) is 79.6 Å². The number of halogens is 8. The number of aldehydes is 1. The minimum Gasteiger partial charge on any atom is -0.493 e. The zero-order valence-corrected chi connectivity index (χ0v) is 87.0. The fourth-order valence-electron chi connectivity index (χ4n) is 17.4. The monoisotopic (exact) mass is 2090 g/mol. The Morgan fingerprint density at radius 3 is 1.30 bits per heavy atom. The molecule has 25 nitrogen and oxygen atoms in total. The summed E-state index contributed by atoms with van der Waals surface area (Å²) in [5, 5.41) is 18.0. The third kappa shape index (κ3) is 30.3. The zero-order chi connectivity index (χ0) is 102. The van der Waals surface area contributed by atoms with Gasteiger partial charge in [-0.05, 0) is 287 Å². The normalized spacial score (nSPS) is 19.4. The number of nitrogens with zero attached hydrogens (tertiary/aromatic N) is 8. The number of rotatable bonds is 18. The van der Waals surface area contributed by atoms with Crippen molar-refractivity contribution < 1.29 is 83.8 Å². The molecule has 0 amide bonds. The molecule has 0 aliphatic carbocycles. The van der Waals surface area contributed by atoms with E-state index in [0.717, 1.165) is 201 Å². The van der Waals surface area contributed by atoms with Crippen molar-refractivity contribution in [1.82, 2.24) is 38.9 Å². The Bertz CT molecular complexity index is 6490. The number of carboxylic acids is 1. The van der Waals surface area contributed by atoms with Crippen molar-refractivity contribution in [2.45, 2.75) is 216 Å². The van der Waals surface area contributed by atoms with Crippen LogP contribution in [0.3, 0.4) is 0 Å². The lowest BCUT2D eigenvalue weighted by Gasteiger charge is -2.29. The van der Waals surface area contributed by atoms with Crippen LogP contribution in [0.5, 0.6) is 28.7 Å². The van der Waals surface area contributed by atoms with Crippen LogP contribution in [0.25, 0.3) is 33.2 Å². The van der Waals surface area contributed by atoms with Gasteiger partial charge in [0.15, 0.2) is 5.78 Å². The number of aromatic carboxylic acids is 1. The Labute approximate surface area is 862 Å². The predicted octanol–water partition coefficient (Wildman–Crippen LogP) is 22.5. The van der Waals surface area contributed by atoms with E-state index in [9.17, 15) is 41.1 Å². The number of esters is 1. The molecule has 9 aliphatic heterocycles. The quantitative estimate of drug-likeness (QED) is 0.0531. The number of carboxylic acid groups (broad SMARTS) is 1. The molecule has 20 rings (SSSR count). The Morgan fingerprint density at radius 1 is 0.497 bits per heavy atom. The van der Waals surface area contributed by atoms with E-state index in [1.54, 1.807) is 36.4 Å². The number of carbonyl (C=O) groups is 4. The topological polar surface area (TPSA) is 316 Å². The number of ether oxygens (including phenoxy) is 8. The maximum atomic E-state index is 12.9. The molecule has 9 aliphatic rings. The highest BCUT2D eigenvalue weighted by molar-refractivity contribution is 7.86. The van der Waals surface area contributed by atoms with Gasteiger partial charge in [-0.25, -0.2) is 23.8 Å². The molecule has 143 heavy (non-hydrogen) atoms. The van der Waals surface area contributed by atoms with Gasteiger partial charge in [-0.2, -0.15) is 13.2 Å². The number of fused-ring (bicyclic) bond motifs is 7. The van der Waals surface area contributed by atoms with Gasteiger partial charge < -0.3 is 57.9 Å². The van der Waals surface area contributed by atoms with Gasteiger partial charge in [-0.1, -0.05) is 107 Å². The lowest BCUT2D eigenvalue weighted by molar-refractivity contribution is -0.156. The van der Waals surface area contributed by atoms with Crippen LogP contribution < -0.4 is 34.6 Å². The third-order valence-corrected chi connectivity index (χ3v) is 29.9. The number of carbonyl (C=O) groups excluding carboxylic acids is 3. The first-order valence-electron chi connectivity index (χ1n) is 48.0. The summed E-state index contributed by atoms with van der Waals surface area (Å²) in [5.41, 5.74) is 21.8. The fraction of sp³-hybridized carbons (Fsp3) is 0.426. The summed E-state index contributed by atoms with van der Waals surface area (Å²) in [7, 11) is -2.02. The van der Waals surface area contributed by atoms with Gasteiger partial charge in [0.2, 0.25) is 6.29 Å². The van der Waals surface area contributed by atoms with E-state index < -0.39 is 45.8 Å². The number of hydrogen-bond donors (Lipinski definition) is 3. The maximum Gasteiger partial charge on any atom is 0.446 e. The molecule has 7 aromatic carbocycles. The fourth-order valence-corrected chi connectivity index (χ4v) is 19.5. The zero-order valence-electron chi connectivity index (χ0n) is 81.6. The molecule has 4 aromatic heterocycles. The molecule has 0 saturated carbocycles. The summed E-state index contributed by atoms with van der Waals surface area (Å²) in [4.78, 5) is 69.4. The van der Waals surface area contributed by atoms with Crippen LogP contribution in [-0.2, 0) is 79.8 Å². The molecule has 35 heteroatoms. The minimum absolute atomic E-state index is 0.103. The maximum absolute atomic E-state index is 12.9. The average molecular weight is 2100 g/mol. The van der Waals surface area contributed by atoms with Crippen molar-refractivity contribution in [3.63, 3.8) is 0 Å². The second kappa shape index (κ2) is 48.9. The molecule has 2 fully saturated rings. The van der Waals surface area contributed by atoms with E-state index in [4.69, 9.17) is 132 Å². The van der Waals surface area contributed by atoms with Crippen molar-refractivity contribution in [3.8, 4) is 28.7 Å².